The van der Waals surface area contributed by atoms with Gasteiger partial charge in [-0.05, 0) is 24.2 Å². The van der Waals surface area contributed by atoms with Gasteiger partial charge in [-0.2, -0.15) is 8.42 Å². The van der Waals surface area contributed by atoms with E-state index in [9.17, 15) is 8.42 Å². The van der Waals surface area contributed by atoms with E-state index < -0.39 is 15.9 Å². The van der Waals surface area contributed by atoms with Crippen molar-refractivity contribution in [2.45, 2.75) is 24.7 Å². The van der Waals surface area contributed by atoms with Crippen LogP contribution < -0.4 is 0 Å². The lowest BCUT2D eigenvalue weighted by Crippen LogP contribution is -2.42. The van der Waals surface area contributed by atoms with Crippen LogP contribution in [0.1, 0.15) is 12.8 Å². The Hall–Kier alpha value is -0.430. The van der Waals surface area contributed by atoms with Crippen LogP contribution in [0.15, 0.2) is 12.2 Å². The molecule has 0 aromatic rings. The van der Waals surface area contributed by atoms with Crippen molar-refractivity contribution >= 4 is 10.1 Å². The molecule has 0 aromatic heterocycles. The van der Waals surface area contributed by atoms with Gasteiger partial charge in [0, 0.05) is 12.3 Å². The van der Waals surface area contributed by atoms with Crippen LogP contribution in [0.4, 0.5) is 0 Å². The highest BCUT2D eigenvalue weighted by Gasteiger charge is 2.66. The van der Waals surface area contributed by atoms with Crippen LogP contribution in [0.3, 0.4) is 0 Å². The first-order chi connectivity index (χ1) is 8.99. The van der Waals surface area contributed by atoms with E-state index in [1.165, 1.54) is 0 Å². The van der Waals surface area contributed by atoms with E-state index >= 15 is 0 Å². The molecule has 0 amide bonds. The van der Waals surface area contributed by atoms with Gasteiger partial charge in [0.1, 0.15) is 0 Å². The third-order valence-electron chi connectivity index (χ3n) is 5.02. The highest BCUT2D eigenvalue weighted by atomic mass is 32.2. The minimum absolute atomic E-state index is 0.0368. The molecular weight excluding hydrogens is 268 g/mol. The molecule has 4 rings (SSSR count). The second kappa shape index (κ2) is 3.81. The summed E-state index contributed by atoms with van der Waals surface area (Å²) in [6.45, 7) is 1.19. The van der Waals surface area contributed by atoms with E-state index in [1.807, 2.05) is 0 Å². The SMILES string of the molecule is CS(=O)(=O)O[C@@H]1C[C@@H]2C=C[C@@H]3CC4(OCCO4)[C@@H]1[C@H]32. The zero-order valence-corrected chi connectivity index (χ0v) is 11.6. The van der Waals surface area contributed by atoms with Gasteiger partial charge in [-0.3, -0.25) is 4.18 Å². The van der Waals surface area contributed by atoms with Gasteiger partial charge in [-0.15, -0.1) is 0 Å². The molecule has 2 saturated carbocycles. The third-order valence-corrected chi connectivity index (χ3v) is 5.61. The molecule has 6 heteroatoms. The molecule has 5 nitrogen and oxygen atoms in total. The van der Waals surface area contributed by atoms with Crippen LogP contribution in [-0.4, -0.2) is 39.8 Å². The molecule has 1 aliphatic heterocycles. The van der Waals surface area contributed by atoms with Gasteiger partial charge in [0.05, 0.1) is 25.6 Å². The smallest absolute Gasteiger partial charge is 0.264 e. The average Bonchev–Trinajstić information content (AvgIpc) is 2.97. The number of fused-ring (bicyclic) bond motifs is 1. The summed E-state index contributed by atoms with van der Waals surface area (Å²) in [5.41, 5.74) is 0. The first-order valence-corrected chi connectivity index (χ1v) is 8.65. The van der Waals surface area contributed by atoms with Gasteiger partial charge in [-0.25, -0.2) is 0 Å². The molecule has 0 radical (unpaired) electrons. The quantitative estimate of drug-likeness (QED) is 0.558. The number of rotatable bonds is 2. The fourth-order valence-electron chi connectivity index (χ4n) is 4.64. The van der Waals surface area contributed by atoms with Gasteiger partial charge in [0.15, 0.2) is 5.79 Å². The van der Waals surface area contributed by atoms with Crippen molar-refractivity contribution < 1.29 is 22.1 Å². The molecule has 1 spiro atoms. The zero-order valence-electron chi connectivity index (χ0n) is 10.8. The third kappa shape index (κ3) is 1.73. The van der Waals surface area contributed by atoms with Crippen molar-refractivity contribution in [1.29, 1.82) is 0 Å². The number of ether oxygens (including phenoxy) is 2. The van der Waals surface area contributed by atoms with E-state index in [0.29, 0.717) is 31.0 Å². The zero-order chi connectivity index (χ0) is 13.3. The molecule has 0 aromatic carbocycles. The molecule has 1 heterocycles. The molecule has 106 valence electrons. The molecule has 0 N–H and O–H groups in total. The summed E-state index contributed by atoms with van der Waals surface area (Å²) < 4.78 is 40.0. The Bertz CT molecular complexity index is 519. The number of hydrogen-bond donors (Lipinski definition) is 0. The maximum absolute atomic E-state index is 11.5. The topological polar surface area (TPSA) is 61.8 Å². The summed E-state index contributed by atoms with van der Waals surface area (Å²) in [4.78, 5) is 0. The van der Waals surface area contributed by atoms with Gasteiger partial charge in [0.25, 0.3) is 10.1 Å². The van der Waals surface area contributed by atoms with Gasteiger partial charge in [0.2, 0.25) is 0 Å². The minimum atomic E-state index is -3.44. The Morgan fingerprint density at radius 2 is 1.89 bits per heavy atom. The maximum Gasteiger partial charge on any atom is 0.264 e. The Morgan fingerprint density at radius 3 is 2.58 bits per heavy atom. The Labute approximate surface area is 113 Å². The largest absolute Gasteiger partial charge is 0.347 e. The van der Waals surface area contributed by atoms with Crippen LogP contribution in [-0.2, 0) is 23.8 Å². The molecule has 5 atom stereocenters. The van der Waals surface area contributed by atoms with E-state index in [-0.39, 0.29) is 12.0 Å². The van der Waals surface area contributed by atoms with Crippen molar-refractivity contribution in [2.75, 3.05) is 19.5 Å². The van der Waals surface area contributed by atoms with Gasteiger partial charge >= 0.3 is 0 Å². The molecule has 3 aliphatic carbocycles. The van der Waals surface area contributed by atoms with Gasteiger partial charge in [-0.1, -0.05) is 12.2 Å². The van der Waals surface area contributed by atoms with Crippen molar-refractivity contribution in [3.63, 3.8) is 0 Å². The molecule has 0 unspecified atom stereocenters. The van der Waals surface area contributed by atoms with Crippen LogP contribution in [0.2, 0.25) is 0 Å². The molecular formula is C13H18O5S. The molecule has 4 aliphatic rings. The standard InChI is InChI=1S/C13H18O5S/c1-19(14,15)18-10-6-8-2-3-9-7-13(12(10)11(8)9)16-4-5-17-13/h2-3,8-12H,4-7H2,1H3/t8-,9+,10+,11-,12-/m0/s1. The highest BCUT2D eigenvalue weighted by Crippen LogP contribution is 2.62. The summed E-state index contributed by atoms with van der Waals surface area (Å²) in [7, 11) is -3.44. The number of allylic oxidation sites excluding steroid dienone is 2. The molecule has 0 bridgehead atoms. The summed E-state index contributed by atoms with van der Waals surface area (Å²) in [6.07, 6.45) is 6.86. The maximum atomic E-state index is 11.5. The first-order valence-electron chi connectivity index (χ1n) is 6.83. The van der Waals surface area contributed by atoms with Crippen LogP contribution in [0, 0.1) is 23.7 Å². The Balaban J connectivity index is 1.70. The van der Waals surface area contributed by atoms with Crippen LogP contribution >= 0.6 is 0 Å². The second-order valence-corrected chi connectivity index (χ2v) is 7.70. The summed E-state index contributed by atoms with van der Waals surface area (Å²) >= 11 is 0. The van der Waals surface area contributed by atoms with E-state index in [2.05, 4.69) is 12.2 Å². The van der Waals surface area contributed by atoms with Crippen molar-refractivity contribution in [3.8, 4) is 0 Å². The lowest BCUT2D eigenvalue weighted by Gasteiger charge is -2.32. The Morgan fingerprint density at radius 1 is 1.21 bits per heavy atom. The molecule has 3 fully saturated rings. The van der Waals surface area contributed by atoms with E-state index in [1.54, 1.807) is 0 Å². The predicted octanol–water partition coefficient (Wildman–Crippen LogP) is 0.916. The highest BCUT2D eigenvalue weighted by molar-refractivity contribution is 7.86. The van der Waals surface area contributed by atoms with Crippen molar-refractivity contribution in [2.24, 2.45) is 23.7 Å². The van der Waals surface area contributed by atoms with E-state index in [0.717, 1.165) is 19.1 Å². The fourth-order valence-corrected chi connectivity index (χ4v) is 5.29. The molecule has 19 heavy (non-hydrogen) atoms. The van der Waals surface area contributed by atoms with Gasteiger partial charge < -0.3 is 9.47 Å². The average molecular weight is 286 g/mol. The Kier molecular flexibility index (Phi) is 2.47. The normalized spacial score (nSPS) is 46.3. The summed E-state index contributed by atoms with van der Waals surface area (Å²) in [5, 5.41) is 0. The van der Waals surface area contributed by atoms with Crippen LogP contribution in [0.25, 0.3) is 0 Å². The number of hydrogen-bond acceptors (Lipinski definition) is 5. The summed E-state index contributed by atoms with van der Waals surface area (Å²) in [5.74, 6) is 0.708. The lowest BCUT2D eigenvalue weighted by molar-refractivity contribution is -0.198. The first kappa shape index (κ1) is 12.3. The van der Waals surface area contributed by atoms with E-state index in [4.69, 9.17) is 13.7 Å². The fraction of sp³-hybridized carbons (Fsp3) is 0.846. The minimum Gasteiger partial charge on any atom is -0.347 e. The predicted molar refractivity (Wildman–Crippen MR) is 66.7 cm³/mol. The second-order valence-electron chi connectivity index (χ2n) is 6.10. The summed E-state index contributed by atoms with van der Waals surface area (Å²) in [6, 6.07) is 0. The molecule has 1 saturated heterocycles. The van der Waals surface area contributed by atoms with Crippen molar-refractivity contribution in [3.05, 3.63) is 12.2 Å². The monoisotopic (exact) mass is 286 g/mol. The van der Waals surface area contributed by atoms with Crippen LogP contribution in [0.5, 0.6) is 0 Å². The lowest BCUT2D eigenvalue weighted by atomic mass is 9.90. The van der Waals surface area contributed by atoms with Crippen molar-refractivity contribution in [1.82, 2.24) is 0 Å².